The summed E-state index contributed by atoms with van der Waals surface area (Å²) in [7, 11) is 0. The Bertz CT molecular complexity index is 872. The molecule has 7 nitrogen and oxygen atoms in total. The minimum atomic E-state index is -0.406. The number of hydrogen-bond donors (Lipinski definition) is 1. The first-order valence-corrected chi connectivity index (χ1v) is 9.90. The maximum atomic E-state index is 12.5. The number of rotatable bonds is 4. The van der Waals surface area contributed by atoms with Crippen LogP contribution >= 0.6 is 11.3 Å². The van der Waals surface area contributed by atoms with Gasteiger partial charge in [-0.15, -0.1) is 0 Å². The minimum absolute atomic E-state index is 0.204. The number of nitrogens with one attached hydrogen (secondary N) is 1. The molecule has 4 rings (SSSR count). The first-order chi connectivity index (χ1) is 13.0. The summed E-state index contributed by atoms with van der Waals surface area (Å²) in [5.74, 6) is -1.29. The third-order valence-electron chi connectivity index (χ3n) is 5.17. The van der Waals surface area contributed by atoms with Gasteiger partial charge in [-0.1, -0.05) is 30.2 Å². The second-order valence-electron chi connectivity index (χ2n) is 6.96. The van der Waals surface area contributed by atoms with Crippen molar-refractivity contribution in [2.45, 2.75) is 32.6 Å². The van der Waals surface area contributed by atoms with Crippen LogP contribution in [0.25, 0.3) is 10.6 Å². The molecule has 0 spiro atoms. The Morgan fingerprint density at radius 3 is 2.56 bits per heavy atom. The molecule has 1 aliphatic carbocycles. The molecule has 2 aromatic heterocycles. The molecular formula is C19H20N4O3S. The quantitative estimate of drug-likeness (QED) is 0.818. The van der Waals surface area contributed by atoms with E-state index in [4.69, 9.17) is 0 Å². The fourth-order valence-corrected chi connectivity index (χ4v) is 4.83. The van der Waals surface area contributed by atoms with Crippen molar-refractivity contribution in [1.82, 2.24) is 14.9 Å². The molecule has 3 heterocycles. The Hall–Kier alpha value is -2.61. The molecule has 1 saturated heterocycles. The molecule has 2 fully saturated rings. The highest BCUT2D eigenvalue weighted by atomic mass is 32.1. The number of aromatic nitrogens is 2. The maximum absolute atomic E-state index is 12.5. The lowest BCUT2D eigenvalue weighted by atomic mass is 9.81. The van der Waals surface area contributed by atoms with Crippen LogP contribution in [0.5, 0.6) is 0 Å². The van der Waals surface area contributed by atoms with Crippen molar-refractivity contribution in [3.8, 4) is 10.6 Å². The van der Waals surface area contributed by atoms with E-state index in [2.05, 4.69) is 15.3 Å². The molecule has 1 saturated carbocycles. The number of nitrogens with zero attached hydrogens (tertiary/aromatic N) is 3. The molecule has 8 heteroatoms. The topological polar surface area (TPSA) is 92.3 Å². The van der Waals surface area contributed by atoms with E-state index in [-0.39, 0.29) is 30.2 Å². The maximum Gasteiger partial charge on any atom is 0.246 e. The summed E-state index contributed by atoms with van der Waals surface area (Å²) in [4.78, 5) is 48.1. The first kappa shape index (κ1) is 17.8. The molecule has 2 atom stereocenters. The van der Waals surface area contributed by atoms with Gasteiger partial charge in [0.1, 0.15) is 6.54 Å². The summed E-state index contributed by atoms with van der Waals surface area (Å²) < 4.78 is 0. The van der Waals surface area contributed by atoms with Crippen LogP contribution in [0.2, 0.25) is 0 Å². The zero-order chi connectivity index (χ0) is 19.0. The lowest BCUT2D eigenvalue weighted by Gasteiger charge is -2.19. The number of fused-ring (bicyclic) bond motifs is 1. The number of pyridine rings is 1. The van der Waals surface area contributed by atoms with Crippen LogP contribution in [0.4, 0.5) is 5.13 Å². The summed E-state index contributed by atoms with van der Waals surface area (Å²) in [6.07, 6.45) is 5.12. The van der Waals surface area contributed by atoms with Gasteiger partial charge in [0.2, 0.25) is 17.7 Å². The van der Waals surface area contributed by atoms with Crippen molar-refractivity contribution in [3.63, 3.8) is 0 Å². The standard InChI is InChI=1S/C19H20N4O3S/c1-11-16(14-8-4-5-9-20-14)27-19(21-11)22-15(24)10-23-17(25)12-6-2-3-7-13(12)18(23)26/h4-5,8-9,12-13H,2-3,6-7,10H2,1H3,(H,21,22,24). The zero-order valence-corrected chi connectivity index (χ0v) is 15.8. The normalized spacial score (nSPS) is 22.0. The van der Waals surface area contributed by atoms with Crippen LogP contribution in [-0.2, 0) is 14.4 Å². The van der Waals surface area contributed by atoms with Crippen LogP contribution in [0.15, 0.2) is 24.4 Å². The van der Waals surface area contributed by atoms with Crippen molar-refractivity contribution in [1.29, 1.82) is 0 Å². The molecule has 1 N–H and O–H groups in total. The predicted molar refractivity (Wildman–Crippen MR) is 101 cm³/mol. The summed E-state index contributed by atoms with van der Waals surface area (Å²) in [5.41, 5.74) is 1.57. The number of thiazole rings is 1. The number of carbonyl (C=O) groups is 3. The van der Waals surface area contributed by atoms with E-state index in [0.29, 0.717) is 5.13 Å². The summed E-state index contributed by atoms with van der Waals surface area (Å²) in [5, 5.41) is 3.16. The molecule has 2 unspecified atom stereocenters. The van der Waals surface area contributed by atoms with Crippen molar-refractivity contribution in [2.75, 3.05) is 11.9 Å². The molecule has 140 valence electrons. The van der Waals surface area contributed by atoms with Crippen LogP contribution in [0.3, 0.4) is 0 Å². The van der Waals surface area contributed by atoms with Crippen molar-refractivity contribution >= 4 is 34.2 Å². The van der Waals surface area contributed by atoms with Crippen LogP contribution in [-0.4, -0.2) is 39.1 Å². The zero-order valence-electron chi connectivity index (χ0n) is 15.0. The van der Waals surface area contributed by atoms with Crippen LogP contribution in [0.1, 0.15) is 31.4 Å². The fraction of sp³-hybridized carbons (Fsp3) is 0.421. The molecular weight excluding hydrogens is 364 g/mol. The lowest BCUT2D eigenvalue weighted by molar-refractivity contribution is -0.142. The minimum Gasteiger partial charge on any atom is -0.300 e. The van der Waals surface area contributed by atoms with Gasteiger partial charge >= 0.3 is 0 Å². The average molecular weight is 384 g/mol. The third kappa shape index (κ3) is 3.37. The van der Waals surface area contributed by atoms with E-state index < -0.39 is 5.91 Å². The van der Waals surface area contributed by atoms with Crippen LogP contribution < -0.4 is 5.32 Å². The number of imide groups is 1. The van der Waals surface area contributed by atoms with Gasteiger partial charge in [0, 0.05) is 6.20 Å². The highest BCUT2D eigenvalue weighted by Gasteiger charge is 2.48. The highest BCUT2D eigenvalue weighted by molar-refractivity contribution is 7.19. The van der Waals surface area contributed by atoms with E-state index >= 15 is 0 Å². The average Bonchev–Trinajstić information content (AvgIpc) is 3.15. The van der Waals surface area contributed by atoms with E-state index in [1.165, 1.54) is 11.3 Å². The second-order valence-corrected chi connectivity index (χ2v) is 7.96. The Labute approximate surface area is 160 Å². The van der Waals surface area contributed by atoms with Gasteiger partial charge in [-0.25, -0.2) is 4.98 Å². The number of aryl methyl sites for hydroxylation is 1. The number of likely N-dealkylation sites (tertiary alicyclic amines) is 1. The largest absolute Gasteiger partial charge is 0.300 e. The molecule has 0 radical (unpaired) electrons. The number of carbonyl (C=O) groups excluding carboxylic acids is 3. The fourth-order valence-electron chi connectivity index (χ4n) is 3.87. The molecule has 2 aliphatic rings. The Kier molecular flexibility index (Phi) is 4.73. The van der Waals surface area contributed by atoms with E-state index in [1.54, 1.807) is 6.20 Å². The summed E-state index contributed by atoms with van der Waals surface area (Å²) in [6.45, 7) is 1.61. The molecule has 3 amide bonds. The van der Waals surface area contributed by atoms with Crippen molar-refractivity contribution in [2.24, 2.45) is 11.8 Å². The summed E-state index contributed by atoms with van der Waals surface area (Å²) >= 11 is 1.33. The number of anilines is 1. The summed E-state index contributed by atoms with van der Waals surface area (Å²) in [6, 6.07) is 5.61. The SMILES string of the molecule is Cc1nc(NC(=O)CN2C(=O)C3CCCCC3C2=O)sc1-c1ccccn1. The Morgan fingerprint density at radius 1 is 1.22 bits per heavy atom. The van der Waals surface area contributed by atoms with Gasteiger partial charge in [0.25, 0.3) is 0 Å². The van der Waals surface area contributed by atoms with Gasteiger partial charge in [-0.2, -0.15) is 0 Å². The lowest BCUT2D eigenvalue weighted by Crippen LogP contribution is -2.38. The first-order valence-electron chi connectivity index (χ1n) is 9.08. The molecule has 0 aromatic carbocycles. The van der Waals surface area contributed by atoms with Gasteiger partial charge in [0.15, 0.2) is 5.13 Å². The van der Waals surface area contributed by atoms with Crippen LogP contribution in [0, 0.1) is 18.8 Å². The predicted octanol–water partition coefficient (Wildman–Crippen LogP) is 2.63. The number of amides is 3. The number of hydrogen-bond acceptors (Lipinski definition) is 6. The molecule has 0 bridgehead atoms. The molecule has 1 aliphatic heterocycles. The van der Waals surface area contributed by atoms with Crippen molar-refractivity contribution in [3.05, 3.63) is 30.1 Å². The smallest absolute Gasteiger partial charge is 0.246 e. The molecule has 2 aromatic rings. The Balaban J connectivity index is 1.44. The van der Waals surface area contributed by atoms with Gasteiger partial charge < -0.3 is 5.32 Å². The van der Waals surface area contributed by atoms with Crippen molar-refractivity contribution < 1.29 is 14.4 Å². The third-order valence-corrected chi connectivity index (χ3v) is 6.27. The monoisotopic (exact) mass is 384 g/mol. The van der Waals surface area contributed by atoms with E-state index in [0.717, 1.165) is 46.8 Å². The van der Waals surface area contributed by atoms with E-state index in [1.807, 2.05) is 25.1 Å². The highest BCUT2D eigenvalue weighted by Crippen LogP contribution is 2.38. The second kappa shape index (κ2) is 7.19. The van der Waals surface area contributed by atoms with Gasteiger partial charge in [-0.05, 0) is 31.9 Å². The van der Waals surface area contributed by atoms with Gasteiger partial charge in [0.05, 0.1) is 28.1 Å². The molecule has 27 heavy (non-hydrogen) atoms. The van der Waals surface area contributed by atoms with Gasteiger partial charge in [-0.3, -0.25) is 24.3 Å². The van der Waals surface area contributed by atoms with E-state index in [9.17, 15) is 14.4 Å². The Morgan fingerprint density at radius 2 is 1.93 bits per heavy atom.